The van der Waals surface area contributed by atoms with Gasteiger partial charge in [-0.1, -0.05) is 6.07 Å². The zero-order chi connectivity index (χ0) is 18.2. The Bertz CT molecular complexity index is 757. The van der Waals surface area contributed by atoms with Crippen molar-refractivity contribution in [2.45, 2.75) is 20.0 Å². The van der Waals surface area contributed by atoms with Gasteiger partial charge in [-0.15, -0.1) is 11.3 Å². The molecule has 1 aromatic carbocycles. The van der Waals surface area contributed by atoms with Crippen LogP contribution in [0.25, 0.3) is 0 Å². The molecule has 134 valence electrons. The van der Waals surface area contributed by atoms with Crippen molar-refractivity contribution in [3.63, 3.8) is 0 Å². The van der Waals surface area contributed by atoms with Crippen LogP contribution in [-0.4, -0.2) is 37.0 Å². The van der Waals surface area contributed by atoms with E-state index >= 15 is 0 Å². The van der Waals surface area contributed by atoms with Gasteiger partial charge in [-0.2, -0.15) is 13.2 Å². The number of carbonyl (C=O) groups is 1. The average molecular weight is 368 g/mol. The zero-order valence-electron chi connectivity index (χ0n) is 14.1. The van der Waals surface area contributed by atoms with Gasteiger partial charge in [-0.3, -0.25) is 4.79 Å². The fourth-order valence-corrected chi connectivity index (χ4v) is 3.88. The van der Waals surface area contributed by atoms with Gasteiger partial charge < -0.3 is 9.80 Å². The van der Waals surface area contributed by atoms with Crippen LogP contribution < -0.4 is 4.90 Å². The van der Waals surface area contributed by atoms with E-state index in [2.05, 4.69) is 0 Å². The average Bonchev–Trinajstić information content (AvgIpc) is 2.93. The predicted molar refractivity (Wildman–Crippen MR) is 93.4 cm³/mol. The van der Waals surface area contributed by atoms with E-state index in [1.807, 2.05) is 24.8 Å². The summed E-state index contributed by atoms with van der Waals surface area (Å²) in [5, 5.41) is 0. The second kappa shape index (κ2) is 6.71. The first-order chi connectivity index (χ1) is 11.8. The number of aryl methyl sites for hydroxylation is 2. The van der Waals surface area contributed by atoms with Gasteiger partial charge in [0.25, 0.3) is 5.91 Å². The fourth-order valence-electron chi connectivity index (χ4n) is 2.88. The Kier molecular flexibility index (Phi) is 4.77. The molecule has 2 aromatic rings. The van der Waals surface area contributed by atoms with Crippen LogP contribution in [0.3, 0.4) is 0 Å². The smallest absolute Gasteiger partial charge is 0.368 e. The highest BCUT2D eigenvalue weighted by atomic mass is 32.1. The van der Waals surface area contributed by atoms with E-state index in [0.29, 0.717) is 31.9 Å². The molecular weight excluding hydrogens is 349 g/mol. The SMILES string of the molecule is Cc1cc(C(=O)N2CCN(c3cccc(C(F)(F)F)c3)CC2)sc1C. The Morgan fingerprint density at radius 1 is 1.08 bits per heavy atom. The molecule has 0 atom stereocenters. The third-order valence-electron chi connectivity index (χ3n) is 4.48. The maximum absolute atomic E-state index is 12.9. The number of rotatable bonds is 2. The molecule has 2 heterocycles. The van der Waals surface area contributed by atoms with Crippen LogP contribution in [0.5, 0.6) is 0 Å². The van der Waals surface area contributed by atoms with E-state index in [1.54, 1.807) is 11.0 Å². The molecule has 3 nitrogen and oxygen atoms in total. The molecular formula is C18H19F3N2OS. The van der Waals surface area contributed by atoms with Gasteiger partial charge in [-0.25, -0.2) is 0 Å². The number of piperazine rings is 1. The number of alkyl halides is 3. The molecule has 1 fully saturated rings. The van der Waals surface area contributed by atoms with Crippen molar-refractivity contribution in [2.24, 2.45) is 0 Å². The highest BCUT2D eigenvalue weighted by Crippen LogP contribution is 2.32. The minimum atomic E-state index is -4.34. The lowest BCUT2D eigenvalue weighted by Crippen LogP contribution is -2.48. The molecule has 0 radical (unpaired) electrons. The Morgan fingerprint density at radius 3 is 2.32 bits per heavy atom. The molecule has 3 rings (SSSR count). The third-order valence-corrected chi connectivity index (χ3v) is 5.62. The van der Waals surface area contributed by atoms with Gasteiger partial charge in [0.15, 0.2) is 0 Å². The van der Waals surface area contributed by atoms with Crippen LogP contribution in [0.1, 0.15) is 25.7 Å². The molecule has 1 aliphatic rings. The second-order valence-corrected chi connectivity index (χ2v) is 7.43. The molecule has 1 aromatic heterocycles. The monoisotopic (exact) mass is 368 g/mol. The highest BCUT2D eigenvalue weighted by molar-refractivity contribution is 7.14. The van der Waals surface area contributed by atoms with Gasteiger partial charge in [0.1, 0.15) is 0 Å². The van der Waals surface area contributed by atoms with E-state index in [4.69, 9.17) is 0 Å². The Labute approximate surface area is 148 Å². The van der Waals surface area contributed by atoms with E-state index in [9.17, 15) is 18.0 Å². The predicted octanol–water partition coefficient (Wildman–Crippen LogP) is 4.35. The number of carbonyl (C=O) groups excluding carboxylic acids is 1. The minimum absolute atomic E-state index is 0.00453. The summed E-state index contributed by atoms with van der Waals surface area (Å²) in [4.78, 5) is 18.1. The largest absolute Gasteiger partial charge is 0.416 e. The summed E-state index contributed by atoms with van der Waals surface area (Å²) in [6.07, 6.45) is -4.34. The number of halogens is 3. The number of anilines is 1. The summed E-state index contributed by atoms with van der Waals surface area (Å²) < 4.78 is 38.6. The summed E-state index contributed by atoms with van der Waals surface area (Å²) in [6.45, 7) is 6.03. The van der Waals surface area contributed by atoms with Crippen molar-refractivity contribution in [1.29, 1.82) is 0 Å². The van der Waals surface area contributed by atoms with E-state index in [0.717, 1.165) is 21.4 Å². The van der Waals surface area contributed by atoms with Crippen LogP contribution in [0.4, 0.5) is 18.9 Å². The fraction of sp³-hybridized carbons (Fsp3) is 0.389. The number of benzene rings is 1. The summed E-state index contributed by atoms with van der Waals surface area (Å²) >= 11 is 1.49. The maximum Gasteiger partial charge on any atom is 0.416 e. The van der Waals surface area contributed by atoms with Gasteiger partial charge in [0, 0.05) is 36.7 Å². The molecule has 0 bridgehead atoms. The molecule has 1 saturated heterocycles. The first kappa shape index (κ1) is 17.8. The number of amides is 1. The summed E-state index contributed by atoms with van der Waals surface area (Å²) in [7, 11) is 0. The molecule has 7 heteroatoms. The van der Waals surface area contributed by atoms with Gasteiger partial charge >= 0.3 is 6.18 Å². The Hall–Kier alpha value is -2.02. The Morgan fingerprint density at radius 2 is 1.76 bits per heavy atom. The van der Waals surface area contributed by atoms with Crippen LogP contribution in [0.2, 0.25) is 0 Å². The summed E-state index contributed by atoms with van der Waals surface area (Å²) in [6, 6.07) is 7.25. The first-order valence-corrected chi connectivity index (χ1v) is 8.86. The number of thiophene rings is 1. The van der Waals surface area contributed by atoms with E-state index in [1.165, 1.54) is 23.5 Å². The molecule has 0 unspecified atom stereocenters. The van der Waals surface area contributed by atoms with E-state index in [-0.39, 0.29) is 5.91 Å². The lowest BCUT2D eigenvalue weighted by molar-refractivity contribution is -0.137. The molecule has 25 heavy (non-hydrogen) atoms. The lowest BCUT2D eigenvalue weighted by Gasteiger charge is -2.36. The van der Waals surface area contributed by atoms with Crippen molar-refractivity contribution in [3.05, 3.63) is 51.2 Å². The third kappa shape index (κ3) is 3.81. The standard InChI is InChI=1S/C18H19F3N2OS/c1-12-10-16(25-13(12)2)17(24)23-8-6-22(7-9-23)15-5-3-4-14(11-15)18(19,20)21/h3-5,10-11H,6-9H2,1-2H3. The molecule has 0 spiro atoms. The van der Waals surface area contributed by atoms with Crippen LogP contribution in [0.15, 0.2) is 30.3 Å². The molecule has 0 aliphatic carbocycles. The zero-order valence-corrected chi connectivity index (χ0v) is 14.9. The van der Waals surface area contributed by atoms with E-state index < -0.39 is 11.7 Å². The molecule has 1 aliphatic heterocycles. The summed E-state index contributed by atoms with van der Waals surface area (Å²) in [5.74, 6) is 0.00453. The number of hydrogen-bond acceptors (Lipinski definition) is 3. The number of nitrogens with zero attached hydrogens (tertiary/aromatic N) is 2. The lowest BCUT2D eigenvalue weighted by atomic mass is 10.1. The Balaban J connectivity index is 1.67. The van der Waals surface area contributed by atoms with Crippen LogP contribution in [0, 0.1) is 13.8 Å². The highest BCUT2D eigenvalue weighted by Gasteiger charge is 2.31. The van der Waals surface area contributed by atoms with Crippen molar-refractivity contribution in [3.8, 4) is 0 Å². The topological polar surface area (TPSA) is 23.6 Å². The summed E-state index contributed by atoms with van der Waals surface area (Å²) in [5.41, 5.74) is 1.01. The molecule has 1 amide bonds. The number of hydrogen-bond donors (Lipinski definition) is 0. The van der Waals surface area contributed by atoms with Crippen molar-refractivity contribution in [2.75, 3.05) is 31.1 Å². The second-order valence-electron chi connectivity index (χ2n) is 6.18. The first-order valence-electron chi connectivity index (χ1n) is 8.04. The van der Waals surface area contributed by atoms with Gasteiger partial charge in [0.2, 0.25) is 0 Å². The maximum atomic E-state index is 12.9. The van der Waals surface area contributed by atoms with Crippen LogP contribution >= 0.6 is 11.3 Å². The quantitative estimate of drug-likeness (QED) is 0.787. The van der Waals surface area contributed by atoms with Crippen molar-refractivity contribution >= 4 is 22.9 Å². The van der Waals surface area contributed by atoms with Crippen molar-refractivity contribution in [1.82, 2.24) is 4.90 Å². The van der Waals surface area contributed by atoms with Crippen LogP contribution in [-0.2, 0) is 6.18 Å². The minimum Gasteiger partial charge on any atom is -0.368 e. The molecule has 0 saturated carbocycles. The van der Waals surface area contributed by atoms with Crippen molar-refractivity contribution < 1.29 is 18.0 Å². The normalized spacial score (nSPS) is 15.6. The van der Waals surface area contributed by atoms with Gasteiger partial charge in [0.05, 0.1) is 10.4 Å². The molecule has 0 N–H and O–H groups in total. The van der Waals surface area contributed by atoms with Gasteiger partial charge in [-0.05, 0) is 43.7 Å².